The first-order valence-electron chi connectivity index (χ1n) is 1.99. The van der Waals surface area contributed by atoms with Crippen molar-refractivity contribution in [2.75, 3.05) is 13.2 Å². The Bertz CT molecular complexity index is 16.4. The van der Waals surface area contributed by atoms with Gasteiger partial charge in [0.05, 0.1) is 0 Å². The zero-order valence-electron chi connectivity index (χ0n) is 7.12. The molecule has 0 aliphatic rings. The van der Waals surface area contributed by atoms with Crippen molar-refractivity contribution >= 4 is 0 Å². The van der Waals surface area contributed by atoms with E-state index in [1.165, 1.54) is 0 Å². The van der Waals surface area contributed by atoms with Crippen molar-refractivity contribution in [1.82, 2.24) is 0 Å². The van der Waals surface area contributed by atoms with Crippen LogP contribution in [0.1, 0.15) is 13.8 Å². The second-order valence-electron chi connectivity index (χ2n) is 0.781. The molecule has 0 spiro atoms. The molecule has 0 aliphatic carbocycles. The molecule has 0 aromatic heterocycles. The minimum Gasteiger partial charge on any atom is -0.382 e. The van der Waals surface area contributed by atoms with E-state index in [1.54, 1.807) is 0 Å². The summed E-state index contributed by atoms with van der Waals surface area (Å²) in [6.45, 7) is 5.67. The van der Waals surface area contributed by atoms with Crippen molar-refractivity contribution in [1.29, 1.82) is 0 Å². The number of hydrogen-bond acceptors (Lipinski definition) is 1. The van der Waals surface area contributed by atoms with E-state index >= 15 is 0 Å². The van der Waals surface area contributed by atoms with Crippen molar-refractivity contribution in [3.8, 4) is 0 Å². The van der Waals surface area contributed by atoms with Crippen molar-refractivity contribution in [3.63, 3.8) is 0 Å². The molecule has 0 saturated carbocycles. The summed E-state index contributed by atoms with van der Waals surface area (Å²) in [7, 11) is 0. The molecule has 0 amide bonds. The average molecular weight is 316 g/mol. The molecule has 0 rings (SSSR count). The minimum atomic E-state index is 0. The molecule has 0 N–H and O–H groups in total. The summed E-state index contributed by atoms with van der Waals surface area (Å²) in [6, 6.07) is 0. The monoisotopic (exact) mass is 316 g/mol. The summed E-state index contributed by atoms with van der Waals surface area (Å²) < 4.78 is 4.83. The van der Waals surface area contributed by atoms with Crippen molar-refractivity contribution in [3.05, 3.63) is 22.3 Å². The topological polar surface area (TPSA) is 9.23 Å². The Balaban J connectivity index is -0.0000000133. The summed E-state index contributed by atoms with van der Waals surface area (Å²) in [5, 5.41) is 0. The van der Waals surface area contributed by atoms with E-state index < -0.39 is 0 Å². The van der Waals surface area contributed by atoms with Gasteiger partial charge in [0.1, 0.15) is 0 Å². The molecule has 1 nitrogen and oxygen atoms in total. The molecule has 0 unspecified atom stereocenters. The van der Waals surface area contributed by atoms with Crippen LogP contribution in [-0.2, 0) is 27.1 Å². The van der Waals surface area contributed by atoms with Gasteiger partial charge in [-0.25, -0.2) is 0 Å². The molecule has 9 heavy (non-hydrogen) atoms. The van der Waals surface area contributed by atoms with Gasteiger partial charge < -0.3 is 27.0 Å². The van der Waals surface area contributed by atoms with Gasteiger partial charge in [-0.15, -0.1) is 0 Å². The third-order valence-electron chi connectivity index (χ3n) is 0.408. The molecule has 0 saturated heterocycles. The van der Waals surface area contributed by atoms with E-state index in [0.29, 0.717) is 0 Å². The summed E-state index contributed by atoms with van der Waals surface area (Å²) in [5.41, 5.74) is 0. The van der Waals surface area contributed by atoms with E-state index in [-0.39, 0.29) is 44.7 Å². The number of rotatable bonds is 2. The predicted octanol–water partition coefficient (Wildman–Crippen LogP) is 2.39. The maximum Gasteiger partial charge on any atom is 3.00 e. The van der Waals surface area contributed by atoms with Gasteiger partial charge >= 0.3 is 22.4 Å². The minimum absolute atomic E-state index is 0. The second-order valence-corrected chi connectivity index (χ2v) is 0.781. The van der Waals surface area contributed by atoms with Gasteiger partial charge in [0.15, 0.2) is 0 Å². The first kappa shape index (κ1) is 33.2. The van der Waals surface area contributed by atoms with Gasteiger partial charge in [0, 0.05) is 13.2 Å². The standard InChI is InChI=1S/C4H10O.3CH3.Au/c1-3-5-4-2;;;;/h3-4H2,1-2H3;3*1H3;/q;3*-1;+3. The third-order valence-corrected chi connectivity index (χ3v) is 0.408. The Morgan fingerprint density at radius 2 is 1.11 bits per heavy atom. The van der Waals surface area contributed by atoms with Crippen LogP contribution in [0.4, 0.5) is 0 Å². The van der Waals surface area contributed by atoms with Crippen molar-refractivity contribution < 1.29 is 27.1 Å². The van der Waals surface area contributed by atoms with Crippen LogP contribution >= 0.6 is 0 Å². The van der Waals surface area contributed by atoms with Gasteiger partial charge in [0.2, 0.25) is 0 Å². The predicted molar refractivity (Wildman–Crippen MR) is 41.4 cm³/mol. The maximum atomic E-state index is 4.83. The first-order chi connectivity index (χ1) is 2.41. The molecule has 2 heteroatoms. The van der Waals surface area contributed by atoms with Crippen LogP contribution in [0, 0.1) is 22.3 Å². The normalized spacial score (nSPS) is 4.67. The van der Waals surface area contributed by atoms with Crippen LogP contribution in [-0.4, -0.2) is 13.2 Å². The fourth-order valence-corrected chi connectivity index (χ4v) is 0.204. The molecule has 0 atom stereocenters. The zero-order chi connectivity index (χ0) is 4.12. The molecular formula is C7H19AuO. The Morgan fingerprint density at radius 1 is 0.889 bits per heavy atom. The summed E-state index contributed by atoms with van der Waals surface area (Å²) >= 11 is 0. The van der Waals surface area contributed by atoms with E-state index in [2.05, 4.69) is 0 Å². The Hall–Kier alpha value is 0.700. The molecule has 0 bridgehead atoms. The zero-order valence-corrected chi connectivity index (χ0v) is 9.29. The van der Waals surface area contributed by atoms with Gasteiger partial charge in [0.25, 0.3) is 0 Å². The molecule has 64 valence electrons. The Morgan fingerprint density at radius 3 is 1.11 bits per heavy atom. The van der Waals surface area contributed by atoms with Crippen molar-refractivity contribution in [2.24, 2.45) is 0 Å². The van der Waals surface area contributed by atoms with Crippen LogP contribution in [0.5, 0.6) is 0 Å². The fraction of sp³-hybridized carbons (Fsp3) is 0.571. The first-order valence-corrected chi connectivity index (χ1v) is 1.99. The summed E-state index contributed by atoms with van der Waals surface area (Å²) in [6.07, 6.45) is 0. The molecule has 0 aliphatic heterocycles. The van der Waals surface area contributed by atoms with Gasteiger partial charge in [-0.2, -0.15) is 0 Å². The number of hydrogen-bond donors (Lipinski definition) is 0. The van der Waals surface area contributed by atoms with Gasteiger partial charge in [-0.05, 0) is 13.8 Å². The molecular weight excluding hydrogens is 297 g/mol. The number of ether oxygens (including phenoxy) is 1. The summed E-state index contributed by atoms with van der Waals surface area (Å²) in [4.78, 5) is 0. The molecule has 0 fully saturated rings. The molecule has 0 aromatic rings. The SMILES string of the molecule is CCOCC.[Au+3].[CH3-].[CH3-].[CH3-]. The van der Waals surface area contributed by atoms with E-state index in [9.17, 15) is 0 Å². The van der Waals surface area contributed by atoms with E-state index in [4.69, 9.17) is 4.74 Å². The average Bonchev–Trinajstić information content (AvgIpc) is 1.41. The van der Waals surface area contributed by atoms with Crippen LogP contribution < -0.4 is 0 Å². The summed E-state index contributed by atoms with van der Waals surface area (Å²) in [5.74, 6) is 0. The molecule has 0 radical (unpaired) electrons. The van der Waals surface area contributed by atoms with Crippen LogP contribution in [0.3, 0.4) is 0 Å². The Kier molecular flexibility index (Phi) is 139. The quantitative estimate of drug-likeness (QED) is 0.561. The largest absolute Gasteiger partial charge is 3.00 e. The van der Waals surface area contributed by atoms with Crippen LogP contribution in [0.15, 0.2) is 0 Å². The van der Waals surface area contributed by atoms with Gasteiger partial charge in [-0.1, -0.05) is 0 Å². The van der Waals surface area contributed by atoms with Crippen molar-refractivity contribution in [2.45, 2.75) is 13.8 Å². The molecule has 0 aromatic carbocycles. The maximum absolute atomic E-state index is 4.83. The smallest absolute Gasteiger partial charge is 0.382 e. The van der Waals surface area contributed by atoms with E-state index in [1.807, 2.05) is 13.8 Å². The van der Waals surface area contributed by atoms with Crippen LogP contribution in [0.2, 0.25) is 0 Å². The second kappa shape index (κ2) is 37.7. The van der Waals surface area contributed by atoms with Gasteiger partial charge in [-0.3, -0.25) is 0 Å². The van der Waals surface area contributed by atoms with Crippen LogP contribution in [0.25, 0.3) is 0 Å². The molecule has 0 heterocycles. The Labute approximate surface area is 76.7 Å². The fourth-order valence-electron chi connectivity index (χ4n) is 0.204. The third kappa shape index (κ3) is 53.6. The van der Waals surface area contributed by atoms with E-state index in [0.717, 1.165) is 13.2 Å².